The Morgan fingerprint density at radius 1 is 1.40 bits per heavy atom. The summed E-state index contributed by atoms with van der Waals surface area (Å²) in [6.45, 7) is 1.88. The topological polar surface area (TPSA) is 96.7 Å². The van der Waals surface area contributed by atoms with E-state index in [0.29, 0.717) is 27.4 Å². The van der Waals surface area contributed by atoms with Crippen LogP contribution in [0.2, 0.25) is 0 Å². The van der Waals surface area contributed by atoms with E-state index >= 15 is 0 Å². The van der Waals surface area contributed by atoms with Gasteiger partial charge in [-0.05, 0) is 13.0 Å². The van der Waals surface area contributed by atoms with E-state index in [1.54, 1.807) is 0 Å². The first kappa shape index (κ1) is 15.9. The van der Waals surface area contributed by atoms with E-state index in [2.05, 4.69) is 25.5 Å². The monoisotopic (exact) mass is 371 g/mol. The van der Waals surface area contributed by atoms with E-state index in [0.717, 1.165) is 16.6 Å². The highest BCUT2D eigenvalue weighted by molar-refractivity contribution is 7.98. The van der Waals surface area contributed by atoms with Crippen molar-refractivity contribution in [2.45, 2.75) is 17.8 Å². The van der Waals surface area contributed by atoms with Gasteiger partial charge in [0, 0.05) is 22.1 Å². The van der Waals surface area contributed by atoms with Crippen LogP contribution in [0.3, 0.4) is 0 Å². The zero-order valence-electron chi connectivity index (χ0n) is 13.1. The molecule has 0 spiro atoms. The number of rotatable bonds is 5. The number of carbonyl (C=O) groups excluding carboxylic acids is 1. The molecule has 0 bridgehead atoms. The van der Waals surface area contributed by atoms with Gasteiger partial charge in [-0.1, -0.05) is 30.0 Å². The third-order valence-electron chi connectivity index (χ3n) is 3.49. The fraction of sp³-hybridized carbons (Fsp3) is 0.125. The first-order valence-electron chi connectivity index (χ1n) is 7.43. The van der Waals surface area contributed by atoms with Gasteiger partial charge in [0.05, 0.1) is 5.69 Å². The van der Waals surface area contributed by atoms with Gasteiger partial charge in [-0.2, -0.15) is 5.10 Å². The Labute approximate surface area is 150 Å². The third-order valence-corrected chi connectivity index (χ3v) is 5.27. The fourth-order valence-corrected chi connectivity index (χ4v) is 3.88. The van der Waals surface area contributed by atoms with E-state index < -0.39 is 0 Å². The van der Waals surface area contributed by atoms with Crippen molar-refractivity contribution in [3.63, 3.8) is 0 Å². The molecule has 3 heterocycles. The molecule has 1 amide bonds. The summed E-state index contributed by atoms with van der Waals surface area (Å²) in [4.78, 5) is 21.1. The number of carbonyl (C=O) groups is 1. The van der Waals surface area contributed by atoms with Crippen LogP contribution in [-0.2, 0) is 5.75 Å². The lowest BCUT2D eigenvalue weighted by molar-refractivity contribution is 0.0998. The molecule has 0 atom stereocenters. The van der Waals surface area contributed by atoms with Gasteiger partial charge in [0.15, 0.2) is 16.0 Å². The maximum Gasteiger partial charge on any atom is 0.293 e. The summed E-state index contributed by atoms with van der Waals surface area (Å²) in [6.07, 6.45) is 1.45. The highest BCUT2D eigenvalue weighted by atomic mass is 32.2. The van der Waals surface area contributed by atoms with Crippen molar-refractivity contribution in [1.82, 2.24) is 20.2 Å². The zero-order valence-corrected chi connectivity index (χ0v) is 14.8. The molecule has 7 nitrogen and oxygen atoms in total. The Kier molecular flexibility index (Phi) is 4.24. The average molecular weight is 371 g/mol. The standard InChI is InChI=1S/C16H13N5O2S2/c1-9-6-24-16(19-9)20-14(22)13-11(7-25-15-17-8-18-21-15)10-4-2-3-5-12(10)23-13/h2-6,8H,7H2,1H3,(H,17,18,21)(H,19,20,22). The number of aromatic amines is 1. The summed E-state index contributed by atoms with van der Waals surface area (Å²) in [6, 6.07) is 7.60. The van der Waals surface area contributed by atoms with Gasteiger partial charge in [-0.3, -0.25) is 15.2 Å². The lowest BCUT2D eigenvalue weighted by Gasteiger charge is -2.02. The normalized spacial score (nSPS) is 11.1. The SMILES string of the molecule is Cc1csc(NC(=O)c2oc3ccccc3c2CSc2ncn[nH]2)n1. The number of nitrogens with one attached hydrogen (secondary N) is 2. The van der Waals surface area contributed by atoms with Gasteiger partial charge in [0.2, 0.25) is 0 Å². The molecule has 0 saturated carbocycles. The Morgan fingerprint density at radius 2 is 2.28 bits per heavy atom. The van der Waals surface area contributed by atoms with Gasteiger partial charge < -0.3 is 4.42 Å². The third kappa shape index (κ3) is 3.28. The highest BCUT2D eigenvalue weighted by Gasteiger charge is 2.21. The van der Waals surface area contributed by atoms with E-state index in [1.165, 1.54) is 29.4 Å². The van der Waals surface area contributed by atoms with Crippen LogP contribution in [0.1, 0.15) is 21.8 Å². The van der Waals surface area contributed by atoms with Gasteiger partial charge in [-0.15, -0.1) is 11.3 Å². The summed E-state index contributed by atoms with van der Waals surface area (Å²) in [5.41, 5.74) is 2.37. The number of thioether (sulfide) groups is 1. The van der Waals surface area contributed by atoms with Crippen LogP contribution >= 0.6 is 23.1 Å². The number of thiazole rings is 1. The van der Waals surface area contributed by atoms with E-state index in [-0.39, 0.29) is 5.91 Å². The molecule has 0 saturated heterocycles. The molecule has 9 heteroatoms. The molecule has 4 aromatic rings. The second kappa shape index (κ2) is 6.69. The number of aryl methyl sites for hydroxylation is 1. The summed E-state index contributed by atoms with van der Waals surface area (Å²) in [5.74, 6) is 0.520. The molecule has 0 fully saturated rings. The average Bonchev–Trinajstić information content (AvgIpc) is 3.33. The molecule has 0 aliphatic carbocycles. The number of aromatic nitrogens is 4. The molecule has 3 aromatic heterocycles. The molecule has 2 N–H and O–H groups in total. The summed E-state index contributed by atoms with van der Waals surface area (Å²) in [7, 11) is 0. The molecular formula is C16H13N5O2S2. The lowest BCUT2D eigenvalue weighted by Crippen LogP contribution is -2.12. The Bertz CT molecular complexity index is 1020. The molecular weight excluding hydrogens is 358 g/mol. The highest BCUT2D eigenvalue weighted by Crippen LogP contribution is 2.31. The number of hydrogen-bond acceptors (Lipinski definition) is 7. The van der Waals surface area contributed by atoms with Crippen LogP contribution < -0.4 is 5.32 Å². The van der Waals surface area contributed by atoms with Gasteiger partial charge >= 0.3 is 0 Å². The number of amides is 1. The minimum absolute atomic E-state index is 0.293. The molecule has 4 rings (SSSR count). The Balaban J connectivity index is 1.66. The number of anilines is 1. The van der Waals surface area contributed by atoms with E-state index in [9.17, 15) is 4.79 Å². The van der Waals surface area contributed by atoms with Crippen LogP contribution in [0.15, 0.2) is 45.5 Å². The minimum atomic E-state index is -0.307. The minimum Gasteiger partial charge on any atom is -0.451 e. The molecule has 1 aromatic carbocycles. The maximum atomic E-state index is 12.7. The first-order chi connectivity index (χ1) is 12.2. The van der Waals surface area contributed by atoms with Crippen LogP contribution in [0.5, 0.6) is 0 Å². The van der Waals surface area contributed by atoms with Crippen LogP contribution in [0.4, 0.5) is 5.13 Å². The van der Waals surface area contributed by atoms with Crippen molar-refractivity contribution in [3.8, 4) is 0 Å². The number of furan rings is 1. The summed E-state index contributed by atoms with van der Waals surface area (Å²) in [5, 5.41) is 13.5. The van der Waals surface area contributed by atoms with Crippen molar-refractivity contribution in [1.29, 1.82) is 0 Å². The van der Waals surface area contributed by atoms with Crippen LogP contribution in [0, 0.1) is 6.92 Å². The van der Waals surface area contributed by atoms with Crippen LogP contribution in [0.25, 0.3) is 11.0 Å². The summed E-state index contributed by atoms with van der Waals surface area (Å²) < 4.78 is 5.82. The fourth-order valence-electron chi connectivity index (χ4n) is 2.40. The second-order valence-corrected chi connectivity index (χ2v) is 7.06. The molecule has 0 aliphatic rings. The van der Waals surface area contributed by atoms with Gasteiger partial charge in [-0.25, -0.2) is 9.97 Å². The van der Waals surface area contributed by atoms with E-state index in [4.69, 9.17) is 4.42 Å². The number of hydrogen-bond donors (Lipinski definition) is 2. The number of para-hydroxylation sites is 1. The predicted octanol–water partition coefficient (Wildman–Crippen LogP) is 3.86. The number of H-pyrrole nitrogens is 1. The van der Waals surface area contributed by atoms with Crippen molar-refractivity contribution in [2.75, 3.05) is 5.32 Å². The largest absolute Gasteiger partial charge is 0.451 e. The number of fused-ring (bicyclic) bond motifs is 1. The Hall–Kier alpha value is -2.65. The van der Waals surface area contributed by atoms with Crippen molar-refractivity contribution in [3.05, 3.63) is 53.0 Å². The lowest BCUT2D eigenvalue weighted by atomic mass is 10.1. The van der Waals surface area contributed by atoms with Gasteiger partial charge in [0.25, 0.3) is 5.91 Å². The van der Waals surface area contributed by atoms with Crippen molar-refractivity contribution in [2.24, 2.45) is 0 Å². The molecule has 0 radical (unpaired) electrons. The zero-order chi connectivity index (χ0) is 17.2. The summed E-state index contributed by atoms with van der Waals surface area (Å²) >= 11 is 2.84. The quantitative estimate of drug-likeness (QED) is 0.517. The van der Waals surface area contributed by atoms with Crippen LogP contribution in [-0.4, -0.2) is 26.1 Å². The number of nitrogens with zero attached hydrogens (tertiary/aromatic N) is 3. The second-order valence-electron chi connectivity index (χ2n) is 5.23. The van der Waals surface area contributed by atoms with E-state index in [1.807, 2.05) is 36.6 Å². The molecule has 0 aliphatic heterocycles. The smallest absolute Gasteiger partial charge is 0.293 e. The maximum absolute atomic E-state index is 12.7. The first-order valence-corrected chi connectivity index (χ1v) is 9.29. The van der Waals surface area contributed by atoms with Crippen molar-refractivity contribution >= 4 is 45.1 Å². The van der Waals surface area contributed by atoms with Gasteiger partial charge in [0.1, 0.15) is 11.9 Å². The molecule has 126 valence electrons. The number of benzene rings is 1. The van der Waals surface area contributed by atoms with Crippen molar-refractivity contribution < 1.29 is 9.21 Å². The molecule has 25 heavy (non-hydrogen) atoms. The predicted molar refractivity (Wildman–Crippen MR) is 97.0 cm³/mol. The Morgan fingerprint density at radius 3 is 3.04 bits per heavy atom. The molecule has 0 unspecified atom stereocenters.